The van der Waals surface area contributed by atoms with E-state index in [-0.39, 0.29) is 25.3 Å². The largest absolute Gasteiger partial charge is 0.391 e. The Bertz CT molecular complexity index is 319. The number of alkyl halides is 3. The van der Waals surface area contributed by atoms with Crippen LogP contribution in [0.15, 0.2) is 0 Å². The number of likely N-dealkylation sites (tertiary alicyclic amines) is 1. The van der Waals surface area contributed by atoms with Crippen LogP contribution in [0.1, 0.15) is 32.1 Å². The molecule has 3 atom stereocenters. The van der Waals surface area contributed by atoms with Gasteiger partial charge in [0.15, 0.2) is 0 Å². The number of hydrogen-bond donors (Lipinski definition) is 1. The molecule has 2 fully saturated rings. The molecule has 1 aliphatic carbocycles. The number of β-amino-alcohol motifs (C(OH)–C–C–N with tert-alkyl or cyclic N) is 1. The second-order valence-electron chi connectivity index (χ2n) is 5.33. The maximum atomic E-state index is 12.7. The second-order valence-corrected chi connectivity index (χ2v) is 5.33. The summed E-state index contributed by atoms with van der Waals surface area (Å²) in [6.07, 6.45) is -3.14. The number of carbonyl (C=O) groups is 1. The molecule has 0 aromatic carbocycles. The minimum absolute atomic E-state index is 0.0884. The highest BCUT2D eigenvalue weighted by Crippen LogP contribution is 2.40. The van der Waals surface area contributed by atoms with Gasteiger partial charge < -0.3 is 10.0 Å². The van der Waals surface area contributed by atoms with E-state index in [2.05, 4.69) is 0 Å². The Kier molecular flexibility index (Phi) is 3.84. The van der Waals surface area contributed by atoms with E-state index in [1.54, 1.807) is 0 Å². The van der Waals surface area contributed by atoms with Crippen LogP contribution >= 0.6 is 0 Å². The quantitative estimate of drug-likeness (QED) is 0.787. The van der Waals surface area contributed by atoms with E-state index in [1.165, 1.54) is 4.90 Å². The average Bonchev–Trinajstić information content (AvgIpc) is 2.74. The zero-order chi connectivity index (χ0) is 13.3. The molecule has 0 spiro atoms. The molecular formula is C12H18F3NO2. The maximum absolute atomic E-state index is 12.7. The van der Waals surface area contributed by atoms with Gasteiger partial charge in [-0.2, -0.15) is 13.2 Å². The third-order valence-corrected chi connectivity index (χ3v) is 3.96. The van der Waals surface area contributed by atoms with E-state index in [4.69, 9.17) is 0 Å². The first-order valence-corrected chi connectivity index (χ1v) is 6.41. The number of rotatable bonds is 1. The molecule has 1 amide bonds. The van der Waals surface area contributed by atoms with Crippen molar-refractivity contribution in [2.45, 2.75) is 44.4 Å². The van der Waals surface area contributed by atoms with Crippen LogP contribution in [0.3, 0.4) is 0 Å². The second kappa shape index (κ2) is 5.07. The Morgan fingerprint density at radius 1 is 1.22 bits per heavy atom. The van der Waals surface area contributed by atoms with Gasteiger partial charge in [0.25, 0.3) is 0 Å². The van der Waals surface area contributed by atoms with Crippen molar-refractivity contribution in [3.63, 3.8) is 0 Å². The molecule has 0 aromatic heterocycles. The first-order valence-electron chi connectivity index (χ1n) is 6.41. The smallest absolute Gasteiger partial charge is 0.391 e. The van der Waals surface area contributed by atoms with Crippen LogP contribution < -0.4 is 0 Å². The normalized spacial score (nSPS) is 33.8. The monoisotopic (exact) mass is 265 g/mol. The van der Waals surface area contributed by atoms with E-state index >= 15 is 0 Å². The number of carbonyl (C=O) groups excluding carboxylic acids is 1. The molecule has 1 saturated carbocycles. The first-order chi connectivity index (χ1) is 8.38. The summed E-state index contributed by atoms with van der Waals surface area (Å²) in [5, 5.41) is 9.35. The lowest BCUT2D eigenvalue weighted by Crippen LogP contribution is -2.39. The summed E-state index contributed by atoms with van der Waals surface area (Å²) in [5.74, 6) is -2.07. The average molecular weight is 265 g/mol. The summed E-state index contributed by atoms with van der Waals surface area (Å²) in [6.45, 7) is 0.735. The maximum Gasteiger partial charge on any atom is 0.391 e. The van der Waals surface area contributed by atoms with Crippen molar-refractivity contribution < 1.29 is 23.1 Å². The number of halogens is 3. The predicted molar refractivity (Wildman–Crippen MR) is 58.7 cm³/mol. The van der Waals surface area contributed by atoms with Crippen molar-refractivity contribution in [3.8, 4) is 0 Å². The molecule has 1 heterocycles. The van der Waals surface area contributed by atoms with Gasteiger partial charge in [-0.1, -0.05) is 6.42 Å². The molecule has 1 aliphatic heterocycles. The molecule has 1 saturated heterocycles. The van der Waals surface area contributed by atoms with Gasteiger partial charge in [-0.3, -0.25) is 4.79 Å². The van der Waals surface area contributed by atoms with Gasteiger partial charge in [0.1, 0.15) is 0 Å². The third-order valence-electron chi connectivity index (χ3n) is 3.96. The summed E-state index contributed by atoms with van der Waals surface area (Å²) in [6, 6.07) is 0. The minimum Gasteiger partial charge on any atom is -0.391 e. The molecule has 3 nitrogen and oxygen atoms in total. The fraction of sp³-hybridized carbons (Fsp3) is 0.917. The van der Waals surface area contributed by atoms with Gasteiger partial charge in [0.2, 0.25) is 5.91 Å². The van der Waals surface area contributed by atoms with E-state index in [9.17, 15) is 23.1 Å². The Morgan fingerprint density at radius 3 is 2.50 bits per heavy atom. The molecule has 2 unspecified atom stereocenters. The highest BCUT2D eigenvalue weighted by atomic mass is 19.4. The number of hydrogen-bond acceptors (Lipinski definition) is 2. The third kappa shape index (κ3) is 2.96. The number of aliphatic hydroxyl groups excluding tert-OH is 1. The molecule has 104 valence electrons. The number of nitrogens with zero attached hydrogens (tertiary/aromatic N) is 1. The molecule has 6 heteroatoms. The molecule has 0 bridgehead atoms. The molecule has 0 radical (unpaired) electrons. The van der Waals surface area contributed by atoms with Crippen LogP contribution in [0.2, 0.25) is 0 Å². The Labute approximate surface area is 104 Å². The zero-order valence-corrected chi connectivity index (χ0v) is 10.1. The van der Waals surface area contributed by atoms with Crippen LogP contribution in [-0.4, -0.2) is 41.3 Å². The van der Waals surface area contributed by atoms with E-state index in [1.807, 2.05) is 0 Å². The van der Waals surface area contributed by atoms with Crippen molar-refractivity contribution in [2.75, 3.05) is 13.1 Å². The van der Waals surface area contributed by atoms with Gasteiger partial charge in [0.05, 0.1) is 12.0 Å². The van der Waals surface area contributed by atoms with Crippen molar-refractivity contribution in [2.24, 2.45) is 11.8 Å². The predicted octanol–water partition coefficient (Wildman–Crippen LogP) is 1.95. The van der Waals surface area contributed by atoms with Gasteiger partial charge in [-0.15, -0.1) is 0 Å². The van der Waals surface area contributed by atoms with Gasteiger partial charge in [0, 0.05) is 19.0 Å². The number of aliphatic hydroxyl groups is 1. The van der Waals surface area contributed by atoms with E-state index < -0.39 is 24.1 Å². The molecule has 1 N–H and O–H groups in total. The molecule has 0 aromatic rings. The zero-order valence-electron chi connectivity index (χ0n) is 10.1. The molecule has 2 aliphatic rings. The van der Waals surface area contributed by atoms with Crippen molar-refractivity contribution in [1.29, 1.82) is 0 Å². The van der Waals surface area contributed by atoms with Crippen LogP contribution in [0, 0.1) is 11.8 Å². The van der Waals surface area contributed by atoms with E-state index in [0.717, 1.165) is 0 Å². The van der Waals surface area contributed by atoms with Crippen LogP contribution in [0.5, 0.6) is 0 Å². The van der Waals surface area contributed by atoms with Crippen LogP contribution in [-0.2, 0) is 4.79 Å². The van der Waals surface area contributed by atoms with Gasteiger partial charge in [-0.05, 0) is 25.7 Å². The summed E-state index contributed by atoms with van der Waals surface area (Å²) >= 11 is 0. The summed E-state index contributed by atoms with van der Waals surface area (Å²) in [4.78, 5) is 13.6. The molecule has 18 heavy (non-hydrogen) atoms. The van der Waals surface area contributed by atoms with Crippen LogP contribution in [0.25, 0.3) is 0 Å². The highest BCUT2D eigenvalue weighted by molar-refractivity contribution is 5.79. The standard InChI is InChI=1S/C12H18F3NO2/c13-12(14,15)9-3-1-2-8(6-9)11(18)16-5-4-10(17)7-16/h8-10,17H,1-7H2/t8?,9?,10-/m0/s1. The molecular weight excluding hydrogens is 247 g/mol. The van der Waals surface area contributed by atoms with Gasteiger partial charge >= 0.3 is 6.18 Å². The Morgan fingerprint density at radius 2 is 1.94 bits per heavy atom. The lowest BCUT2D eigenvalue weighted by atomic mass is 9.80. The summed E-state index contributed by atoms with van der Waals surface area (Å²) < 4.78 is 38.0. The SMILES string of the molecule is O=C(C1CCCC(C(F)(F)F)C1)N1CC[C@H](O)C1. The van der Waals surface area contributed by atoms with Crippen LogP contribution in [0.4, 0.5) is 13.2 Å². The fourth-order valence-corrected chi connectivity index (χ4v) is 2.91. The highest BCUT2D eigenvalue weighted by Gasteiger charge is 2.44. The van der Waals surface area contributed by atoms with Gasteiger partial charge in [-0.25, -0.2) is 0 Å². The minimum atomic E-state index is -4.19. The Hall–Kier alpha value is -0.780. The lowest BCUT2D eigenvalue weighted by Gasteiger charge is -2.32. The van der Waals surface area contributed by atoms with Crippen molar-refractivity contribution in [1.82, 2.24) is 4.90 Å². The van der Waals surface area contributed by atoms with Crippen molar-refractivity contribution in [3.05, 3.63) is 0 Å². The number of amides is 1. The molecule has 2 rings (SSSR count). The fourth-order valence-electron chi connectivity index (χ4n) is 2.91. The summed E-state index contributed by atoms with van der Waals surface area (Å²) in [7, 11) is 0. The topological polar surface area (TPSA) is 40.5 Å². The Balaban J connectivity index is 1.94. The summed E-state index contributed by atoms with van der Waals surface area (Å²) in [5.41, 5.74) is 0. The van der Waals surface area contributed by atoms with Crippen molar-refractivity contribution >= 4 is 5.91 Å². The first kappa shape index (κ1) is 13.6. The lowest BCUT2D eigenvalue weighted by molar-refractivity contribution is -0.187. The van der Waals surface area contributed by atoms with E-state index in [0.29, 0.717) is 25.8 Å².